The number of nitrogens with zero attached hydrogens (tertiary/aromatic N) is 2. The predicted molar refractivity (Wildman–Crippen MR) is 117 cm³/mol. The summed E-state index contributed by atoms with van der Waals surface area (Å²) in [6.07, 6.45) is -0.266. The van der Waals surface area contributed by atoms with Crippen molar-refractivity contribution in [1.29, 1.82) is 0 Å². The topological polar surface area (TPSA) is 101 Å². The summed E-state index contributed by atoms with van der Waals surface area (Å²) in [5.41, 5.74) is 0.224. The number of carbonyl (C=O) groups is 3. The third-order valence-corrected chi connectivity index (χ3v) is 5.89. The fraction of sp³-hybridized carbons (Fsp3) is 0.364. The van der Waals surface area contributed by atoms with Gasteiger partial charge in [0.1, 0.15) is 24.4 Å². The summed E-state index contributed by atoms with van der Waals surface area (Å²) in [4.78, 5) is 42.8. The molecule has 1 aliphatic heterocycles. The minimum Gasteiger partial charge on any atom is -0.370 e. The van der Waals surface area contributed by atoms with E-state index in [9.17, 15) is 23.2 Å². The van der Waals surface area contributed by atoms with Gasteiger partial charge in [0.05, 0.1) is 29.2 Å². The minimum absolute atomic E-state index is 0.0822. The first-order chi connectivity index (χ1) is 15.8. The molecule has 1 saturated carbocycles. The number of pyridine rings is 1. The Hall–Kier alpha value is -3.11. The zero-order valence-corrected chi connectivity index (χ0v) is 18.1. The van der Waals surface area contributed by atoms with Crippen LogP contribution in [0.1, 0.15) is 12.8 Å². The number of morpholine rings is 1. The number of amides is 3. The monoisotopic (exact) mass is 478 g/mol. The molecule has 2 aromatic rings. The standard InChI is InChI=1S/C22H21ClF2N4O4/c23-12-1-4-19(26-10-12)28-22(32)16-8-13(24)7-15(16)21(31)27-18-3-2-14(9-17(18)25)29-5-6-33-11-20(29)30/h1-4,9-10,13,15-16H,5-8,11H2,(H,27,31)(H,26,28,32). The molecule has 3 atom stereocenters. The first-order valence-electron chi connectivity index (χ1n) is 10.4. The molecule has 1 aromatic carbocycles. The second kappa shape index (κ2) is 9.80. The van der Waals surface area contributed by atoms with Crippen LogP contribution in [-0.4, -0.2) is 48.6 Å². The SMILES string of the molecule is O=C(Nc1ccc(Cl)cn1)C1CC(F)CC1C(=O)Nc1ccc(N2CCOCC2=O)cc1F. The quantitative estimate of drug-likeness (QED) is 0.687. The van der Waals surface area contributed by atoms with Gasteiger partial charge in [0.25, 0.3) is 5.91 Å². The van der Waals surface area contributed by atoms with Gasteiger partial charge >= 0.3 is 0 Å². The van der Waals surface area contributed by atoms with E-state index in [1.807, 2.05) is 0 Å². The van der Waals surface area contributed by atoms with Crippen molar-refractivity contribution in [2.24, 2.45) is 11.8 Å². The zero-order valence-electron chi connectivity index (χ0n) is 17.4. The van der Waals surface area contributed by atoms with E-state index >= 15 is 0 Å². The molecule has 3 unspecified atom stereocenters. The molecule has 0 radical (unpaired) electrons. The summed E-state index contributed by atoms with van der Waals surface area (Å²) in [6, 6.07) is 7.01. The summed E-state index contributed by atoms with van der Waals surface area (Å²) in [7, 11) is 0. The molecular formula is C22H21ClF2N4O4. The molecule has 0 bridgehead atoms. The first-order valence-corrected chi connectivity index (χ1v) is 10.7. The molecule has 2 N–H and O–H groups in total. The molecule has 174 valence electrons. The Morgan fingerprint density at radius 2 is 1.85 bits per heavy atom. The molecule has 8 nitrogen and oxygen atoms in total. The van der Waals surface area contributed by atoms with Crippen molar-refractivity contribution in [2.45, 2.75) is 19.0 Å². The van der Waals surface area contributed by atoms with Crippen LogP contribution in [-0.2, 0) is 19.1 Å². The maximum absolute atomic E-state index is 14.7. The van der Waals surface area contributed by atoms with Crippen LogP contribution < -0.4 is 15.5 Å². The summed E-state index contributed by atoms with van der Waals surface area (Å²) in [5.74, 6) is -3.94. The third kappa shape index (κ3) is 5.28. The van der Waals surface area contributed by atoms with E-state index in [1.54, 1.807) is 0 Å². The highest BCUT2D eigenvalue weighted by Crippen LogP contribution is 2.36. The highest BCUT2D eigenvalue weighted by atomic mass is 35.5. The molecule has 3 amide bonds. The number of aromatic nitrogens is 1. The van der Waals surface area contributed by atoms with Gasteiger partial charge in [0.2, 0.25) is 11.8 Å². The van der Waals surface area contributed by atoms with E-state index < -0.39 is 35.6 Å². The number of anilines is 3. The molecular weight excluding hydrogens is 458 g/mol. The van der Waals surface area contributed by atoms with Crippen molar-refractivity contribution in [3.8, 4) is 0 Å². The smallest absolute Gasteiger partial charge is 0.253 e. The lowest BCUT2D eigenvalue weighted by molar-refractivity contribution is -0.128. The van der Waals surface area contributed by atoms with Crippen LogP contribution >= 0.6 is 11.6 Å². The van der Waals surface area contributed by atoms with Gasteiger partial charge in [0, 0.05) is 18.4 Å². The van der Waals surface area contributed by atoms with E-state index in [-0.39, 0.29) is 36.9 Å². The lowest BCUT2D eigenvalue weighted by Gasteiger charge is -2.27. The van der Waals surface area contributed by atoms with Crippen molar-refractivity contribution in [3.63, 3.8) is 0 Å². The zero-order chi connectivity index (χ0) is 23.5. The van der Waals surface area contributed by atoms with Gasteiger partial charge in [-0.15, -0.1) is 0 Å². The van der Waals surface area contributed by atoms with Gasteiger partial charge in [0.15, 0.2) is 0 Å². The van der Waals surface area contributed by atoms with E-state index in [1.165, 1.54) is 35.4 Å². The Morgan fingerprint density at radius 1 is 1.12 bits per heavy atom. The fourth-order valence-corrected chi connectivity index (χ4v) is 4.13. The van der Waals surface area contributed by atoms with Crippen LogP contribution in [0.3, 0.4) is 0 Å². The van der Waals surface area contributed by atoms with Gasteiger partial charge in [-0.05, 0) is 43.2 Å². The number of halogens is 3. The van der Waals surface area contributed by atoms with Gasteiger partial charge in [-0.2, -0.15) is 0 Å². The van der Waals surface area contributed by atoms with Crippen LogP contribution in [0.2, 0.25) is 5.02 Å². The summed E-state index contributed by atoms with van der Waals surface area (Å²) < 4.78 is 33.9. The van der Waals surface area contributed by atoms with E-state index in [4.69, 9.17) is 16.3 Å². The maximum atomic E-state index is 14.7. The van der Waals surface area contributed by atoms with Gasteiger partial charge in [-0.3, -0.25) is 14.4 Å². The highest BCUT2D eigenvalue weighted by Gasteiger charge is 2.43. The first kappa shape index (κ1) is 23.1. The number of rotatable bonds is 5. The van der Waals surface area contributed by atoms with Crippen molar-refractivity contribution >= 4 is 46.5 Å². The maximum Gasteiger partial charge on any atom is 0.253 e. The van der Waals surface area contributed by atoms with Crippen LogP contribution in [0.25, 0.3) is 0 Å². The highest BCUT2D eigenvalue weighted by molar-refractivity contribution is 6.30. The number of benzene rings is 1. The normalized spacial score (nSPS) is 22.8. The Balaban J connectivity index is 1.44. The Labute approximate surface area is 193 Å². The molecule has 0 spiro atoms. The van der Waals surface area contributed by atoms with Crippen molar-refractivity contribution in [1.82, 2.24) is 4.98 Å². The fourth-order valence-electron chi connectivity index (χ4n) is 4.01. The van der Waals surface area contributed by atoms with Crippen LogP contribution in [0.5, 0.6) is 0 Å². The Kier molecular flexibility index (Phi) is 6.85. The number of hydrogen-bond acceptors (Lipinski definition) is 5. The van der Waals surface area contributed by atoms with Gasteiger partial charge in [-0.1, -0.05) is 11.6 Å². The van der Waals surface area contributed by atoms with Crippen LogP contribution in [0, 0.1) is 17.7 Å². The Bertz CT molecular complexity index is 1070. The average Bonchev–Trinajstić information content (AvgIpc) is 3.19. The summed E-state index contributed by atoms with van der Waals surface area (Å²) >= 11 is 5.78. The molecule has 2 aliphatic rings. The van der Waals surface area contributed by atoms with Gasteiger partial charge < -0.3 is 20.3 Å². The lowest BCUT2D eigenvalue weighted by Crippen LogP contribution is -2.41. The van der Waals surface area contributed by atoms with E-state index in [0.29, 0.717) is 23.9 Å². The van der Waals surface area contributed by atoms with Crippen LogP contribution in [0.4, 0.5) is 26.0 Å². The molecule has 2 fully saturated rings. The van der Waals surface area contributed by atoms with Crippen molar-refractivity contribution in [2.75, 3.05) is 35.3 Å². The molecule has 33 heavy (non-hydrogen) atoms. The molecule has 4 rings (SSSR count). The molecule has 11 heteroatoms. The minimum atomic E-state index is -1.34. The van der Waals surface area contributed by atoms with Gasteiger partial charge in [-0.25, -0.2) is 13.8 Å². The number of carbonyl (C=O) groups excluding carboxylic acids is 3. The number of alkyl halides is 1. The number of ether oxygens (including phenoxy) is 1. The molecule has 1 aliphatic carbocycles. The average molecular weight is 479 g/mol. The number of nitrogens with one attached hydrogen (secondary N) is 2. The molecule has 2 heterocycles. The largest absolute Gasteiger partial charge is 0.370 e. The summed E-state index contributed by atoms with van der Waals surface area (Å²) in [5, 5.41) is 5.40. The van der Waals surface area contributed by atoms with Crippen molar-refractivity contribution < 1.29 is 27.9 Å². The van der Waals surface area contributed by atoms with Crippen LogP contribution in [0.15, 0.2) is 36.5 Å². The molecule has 1 saturated heterocycles. The number of hydrogen-bond donors (Lipinski definition) is 2. The second-order valence-corrected chi connectivity index (χ2v) is 8.32. The lowest BCUT2D eigenvalue weighted by atomic mass is 9.94. The Morgan fingerprint density at radius 3 is 2.48 bits per heavy atom. The van der Waals surface area contributed by atoms with E-state index in [0.717, 1.165) is 6.07 Å². The second-order valence-electron chi connectivity index (χ2n) is 7.88. The van der Waals surface area contributed by atoms with Crippen molar-refractivity contribution in [3.05, 3.63) is 47.4 Å². The predicted octanol–water partition coefficient (Wildman–Crippen LogP) is 3.18. The van der Waals surface area contributed by atoms with E-state index in [2.05, 4.69) is 15.6 Å². The third-order valence-electron chi connectivity index (χ3n) is 5.67. The summed E-state index contributed by atoms with van der Waals surface area (Å²) in [6.45, 7) is 0.553. The molecule has 1 aromatic heterocycles.